The van der Waals surface area contributed by atoms with Crippen LogP contribution in [0.15, 0.2) is 61.2 Å². The van der Waals surface area contributed by atoms with Gasteiger partial charge in [-0.05, 0) is 54.7 Å². The fraction of sp³-hybridized carbons (Fsp3) is 0.292. The molecule has 4 rings (SSSR count). The first-order chi connectivity index (χ1) is 15.3. The number of fused-ring (bicyclic) bond motifs is 1. The Morgan fingerprint density at radius 1 is 1.06 bits per heavy atom. The number of nitrogens with zero attached hydrogens (tertiary/aromatic N) is 4. The number of amides is 1. The first kappa shape index (κ1) is 20.7. The van der Waals surface area contributed by atoms with Crippen molar-refractivity contribution in [1.29, 1.82) is 0 Å². The third-order valence-corrected chi connectivity index (χ3v) is 5.35. The van der Waals surface area contributed by atoms with E-state index < -0.39 is 0 Å². The van der Waals surface area contributed by atoms with E-state index in [9.17, 15) is 4.79 Å². The average Bonchev–Trinajstić information content (AvgIpc) is 3.43. The fourth-order valence-corrected chi connectivity index (χ4v) is 3.69. The van der Waals surface area contributed by atoms with Gasteiger partial charge in [-0.2, -0.15) is 5.10 Å². The predicted molar refractivity (Wildman–Crippen MR) is 121 cm³/mol. The van der Waals surface area contributed by atoms with Crippen molar-refractivity contribution in [3.05, 3.63) is 72.3 Å². The highest BCUT2D eigenvalue weighted by atomic mass is 16.5. The van der Waals surface area contributed by atoms with Gasteiger partial charge in [-0.1, -0.05) is 18.6 Å². The van der Waals surface area contributed by atoms with Crippen molar-refractivity contribution >= 4 is 17.4 Å². The summed E-state index contributed by atoms with van der Waals surface area (Å²) < 4.78 is 9.21. The second-order valence-corrected chi connectivity index (χ2v) is 7.57. The molecular formula is C24H27N5O2. The second-order valence-electron chi connectivity index (χ2n) is 7.57. The fourth-order valence-electron chi connectivity index (χ4n) is 3.69. The molecule has 0 saturated heterocycles. The van der Waals surface area contributed by atoms with E-state index in [1.807, 2.05) is 53.7 Å². The average molecular weight is 418 g/mol. The summed E-state index contributed by atoms with van der Waals surface area (Å²) in [5, 5.41) is 8.34. The van der Waals surface area contributed by atoms with Gasteiger partial charge < -0.3 is 10.1 Å². The molecule has 0 atom stereocenters. The molecule has 3 heterocycles. The Hall–Kier alpha value is -3.61. The van der Waals surface area contributed by atoms with Crippen LogP contribution in [0, 0.1) is 0 Å². The van der Waals surface area contributed by atoms with Crippen molar-refractivity contribution in [2.75, 3.05) is 13.7 Å². The lowest BCUT2D eigenvalue weighted by atomic mass is 10.1. The van der Waals surface area contributed by atoms with Crippen LogP contribution in [0.5, 0.6) is 5.75 Å². The van der Waals surface area contributed by atoms with Crippen LogP contribution in [0.1, 0.15) is 30.4 Å². The van der Waals surface area contributed by atoms with Gasteiger partial charge in [0.25, 0.3) is 0 Å². The number of methoxy groups -OCH3 is 1. The van der Waals surface area contributed by atoms with Gasteiger partial charge in [0.15, 0.2) is 0 Å². The Labute approximate surface area is 181 Å². The predicted octanol–water partition coefficient (Wildman–Crippen LogP) is 3.74. The Morgan fingerprint density at radius 3 is 2.74 bits per heavy atom. The molecule has 1 N–H and O–H groups in total. The van der Waals surface area contributed by atoms with Gasteiger partial charge >= 0.3 is 0 Å². The molecular weight excluding hydrogens is 390 g/mol. The molecule has 7 heteroatoms. The van der Waals surface area contributed by atoms with Crippen LogP contribution in [0.25, 0.3) is 16.7 Å². The summed E-state index contributed by atoms with van der Waals surface area (Å²) in [6.07, 6.45) is 12.8. The number of carbonyl (C=O) groups excluding carboxylic acids is 1. The smallest absolute Gasteiger partial charge is 0.207 e. The lowest BCUT2D eigenvalue weighted by Crippen LogP contribution is -2.11. The molecule has 0 radical (unpaired) electrons. The summed E-state index contributed by atoms with van der Waals surface area (Å²) in [4.78, 5) is 15.0. The molecule has 0 saturated carbocycles. The van der Waals surface area contributed by atoms with Crippen LogP contribution in [0.4, 0.5) is 0 Å². The van der Waals surface area contributed by atoms with Crippen LogP contribution < -0.4 is 10.1 Å². The van der Waals surface area contributed by atoms with Crippen molar-refractivity contribution < 1.29 is 9.53 Å². The van der Waals surface area contributed by atoms with Crippen molar-refractivity contribution in [2.24, 2.45) is 0 Å². The molecule has 3 aromatic heterocycles. The van der Waals surface area contributed by atoms with E-state index in [1.54, 1.807) is 7.11 Å². The van der Waals surface area contributed by atoms with E-state index in [0.29, 0.717) is 6.54 Å². The Balaban J connectivity index is 1.41. The van der Waals surface area contributed by atoms with Crippen molar-refractivity contribution in [2.45, 2.75) is 32.2 Å². The number of benzene rings is 1. The van der Waals surface area contributed by atoms with Gasteiger partial charge in [0.05, 0.1) is 25.5 Å². The number of carbonyl (C=O) groups is 1. The topological polar surface area (TPSA) is 74.0 Å². The zero-order valence-electron chi connectivity index (χ0n) is 17.7. The maximum Gasteiger partial charge on any atom is 0.207 e. The highest BCUT2D eigenvalue weighted by molar-refractivity contribution is 5.78. The number of hydrogen-bond acceptors (Lipinski definition) is 4. The van der Waals surface area contributed by atoms with E-state index >= 15 is 0 Å². The molecule has 0 aliphatic rings. The minimum atomic E-state index is 0.698. The van der Waals surface area contributed by atoms with Crippen LogP contribution in [0.3, 0.4) is 0 Å². The Morgan fingerprint density at radius 2 is 1.94 bits per heavy atom. The zero-order valence-corrected chi connectivity index (χ0v) is 17.7. The molecule has 4 aromatic rings. The maximum atomic E-state index is 10.3. The third kappa shape index (κ3) is 5.12. The largest absolute Gasteiger partial charge is 0.497 e. The first-order valence-corrected chi connectivity index (χ1v) is 10.6. The monoisotopic (exact) mass is 417 g/mol. The third-order valence-electron chi connectivity index (χ3n) is 5.35. The number of rotatable bonds is 11. The van der Waals surface area contributed by atoms with Gasteiger partial charge in [-0.15, -0.1) is 0 Å². The number of pyridine rings is 1. The van der Waals surface area contributed by atoms with Gasteiger partial charge in [0.2, 0.25) is 6.41 Å². The van der Waals surface area contributed by atoms with Crippen molar-refractivity contribution in [3.8, 4) is 11.4 Å². The molecule has 0 unspecified atom stereocenters. The quantitative estimate of drug-likeness (QED) is 0.298. The molecule has 160 valence electrons. The van der Waals surface area contributed by atoms with Crippen molar-refractivity contribution in [1.82, 2.24) is 24.6 Å². The minimum absolute atomic E-state index is 0.698. The summed E-state index contributed by atoms with van der Waals surface area (Å²) in [6.45, 7) is 1.44. The van der Waals surface area contributed by atoms with Gasteiger partial charge in [0, 0.05) is 30.5 Å². The number of nitrogens with one attached hydrogen (secondary N) is 1. The van der Waals surface area contributed by atoms with E-state index in [-0.39, 0.29) is 0 Å². The number of aromatic nitrogens is 4. The number of hydrogen-bond donors (Lipinski definition) is 1. The molecule has 7 nitrogen and oxygen atoms in total. The van der Waals surface area contributed by atoms with Gasteiger partial charge in [-0.3, -0.25) is 14.0 Å². The Bertz CT molecular complexity index is 1130. The molecule has 0 bridgehead atoms. The molecule has 0 spiro atoms. The van der Waals surface area contributed by atoms with Gasteiger partial charge in [0.1, 0.15) is 11.4 Å². The highest BCUT2D eigenvalue weighted by Gasteiger charge is 2.08. The molecule has 1 aromatic carbocycles. The van der Waals surface area contributed by atoms with Gasteiger partial charge in [-0.25, -0.2) is 4.98 Å². The zero-order chi connectivity index (χ0) is 21.5. The van der Waals surface area contributed by atoms with Crippen LogP contribution in [0.2, 0.25) is 0 Å². The number of unbranched alkanes of at least 4 members (excludes halogenated alkanes) is 2. The number of aryl methyl sites for hydroxylation is 1. The summed E-state index contributed by atoms with van der Waals surface area (Å²) in [5.41, 5.74) is 4.33. The lowest BCUT2D eigenvalue weighted by molar-refractivity contribution is -0.109. The molecule has 1 amide bonds. The maximum absolute atomic E-state index is 10.3. The lowest BCUT2D eigenvalue weighted by Gasteiger charge is -2.05. The normalized spacial score (nSPS) is 11.0. The highest BCUT2D eigenvalue weighted by Crippen LogP contribution is 2.21. The van der Waals surface area contributed by atoms with E-state index in [1.165, 1.54) is 5.56 Å². The SMILES string of the molecule is COc1ccc(Cn2cc(-n3ccc4cc(CCCCCNC=O)cnc43)cn2)cc1. The number of ether oxygens (including phenoxy) is 1. The second kappa shape index (κ2) is 9.93. The molecule has 0 aliphatic heterocycles. The standard InChI is InChI=1S/C24H27N5O2/c1-31-23-8-6-19(7-9-23)16-28-17-22(15-27-28)29-12-10-21-13-20(14-26-24(21)29)5-3-2-4-11-25-18-30/h6-10,12-15,17-18H,2-5,11,16H2,1H3,(H,25,30). The van der Waals surface area contributed by atoms with Crippen LogP contribution in [-0.4, -0.2) is 39.4 Å². The summed E-state index contributed by atoms with van der Waals surface area (Å²) in [7, 11) is 1.67. The van der Waals surface area contributed by atoms with Crippen molar-refractivity contribution in [3.63, 3.8) is 0 Å². The van der Waals surface area contributed by atoms with Crippen LogP contribution in [-0.2, 0) is 17.8 Å². The molecule has 31 heavy (non-hydrogen) atoms. The summed E-state index contributed by atoms with van der Waals surface area (Å²) in [5.74, 6) is 0.851. The Kier molecular flexibility index (Phi) is 6.62. The van der Waals surface area contributed by atoms with E-state index in [2.05, 4.69) is 27.1 Å². The van der Waals surface area contributed by atoms with Crippen LogP contribution >= 0.6 is 0 Å². The molecule has 0 fully saturated rings. The summed E-state index contributed by atoms with van der Waals surface area (Å²) >= 11 is 0. The summed E-state index contributed by atoms with van der Waals surface area (Å²) in [6, 6.07) is 12.3. The van der Waals surface area contributed by atoms with E-state index in [4.69, 9.17) is 9.72 Å². The molecule has 0 aliphatic carbocycles. The minimum Gasteiger partial charge on any atom is -0.497 e. The van der Waals surface area contributed by atoms with E-state index in [0.717, 1.165) is 66.7 Å². The first-order valence-electron chi connectivity index (χ1n) is 10.6.